The summed E-state index contributed by atoms with van der Waals surface area (Å²) in [6.07, 6.45) is -0.475. The first-order valence-electron chi connectivity index (χ1n) is 9.63. The number of amidine groups is 1. The molecule has 0 aliphatic carbocycles. The number of amides is 1. The number of hydrogen-bond donors (Lipinski definition) is 2. The van der Waals surface area contributed by atoms with Crippen LogP contribution in [0, 0.1) is 11.2 Å². The van der Waals surface area contributed by atoms with E-state index in [0.29, 0.717) is 23.2 Å². The third kappa shape index (κ3) is 4.11. The van der Waals surface area contributed by atoms with Crippen molar-refractivity contribution in [3.8, 4) is 5.88 Å². The summed E-state index contributed by atoms with van der Waals surface area (Å²) >= 11 is 1.40. The molecule has 32 heavy (non-hydrogen) atoms. The fourth-order valence-electron chi connectivity index (χ4n) is 3.73. The lowest BCUT2D eigenvalue weighted by Gasteiger charge is -2.42. The molecule has 1 aromatic heterocycles. The van der Waals surface area contributed by atoms with Crippen LogP contribution in [0.25, 0.3) is 0 Å². The minimum atomic E-state index is -2.65. The fourth-order valence-corrected chi connectivity index (χ4v) is 4.74. The Morgan fingerprint density at radius 3 is 2.88 bits per heavy atom. The van der Waals surface area contributed by atoms with E-state index in [2.05, 4.69) is 20.3 Å². The first kappa shape index (κ1) is 22.3. The number of rotatable bonds is 6. The maximum atomic E-state index is 14.9. The SMILES string of the molecule is C[C@@]12COC[C@]1(c1cc(NC(=O)c3cnc(OCC(F)F)cn3)ccc1F)N=C(N)SC2. The van der Waals surface area contributed by atoms with Crippen LogP contribution in [0.4, 0.5) is 18.9 Å². The number of carbonyl (C=O) groups excluding carboxylic acids is 1. The number of aromatic nitrogens is 2. The topological polar surface area (TPSA) is 112 Å². The van der Waals surface area contributed by atoms with Gasteiger partial charge in [-0.25, -0.2) is 28.1 Å². The number of benzene rings is 1. The van der Waals surface area contributed by atoms with Crippen molar-refractivity contribution in [2.45, 2.75) is 18.9 Å². The summed E-state index contributed by atoms with van der Waals surface area (Å²) in [6.45, 7) is 1.72. The van der Waals surface area contributed by atoms with Gasteiger partial charge >= 0.3 is 0 Å². The van der Waals surface area contributed by atoms with Crippen LogP contribution < -0.4 is 15.8 Å². The highest BCUT2D eigenvalue weighted by atomic mass is 32.2. The number of ether oxygens (including phenoxy) is 2. The van der Waals surface area contributed by atoms with E-state index in [1.807, 2.05) is 6.92 Å². The molecule has 0 bridgehead atoms. The molecular formula is C20H20F3N5O3S. The van der Waals surface area contributed by atoms with E-state index in [9.17, 15) is 18.0 Å². The van der Waals surface area contributed by atoms with Gasteiger partial charge in [0.05, 0.1) is 25.6 Å². The Kier molecular flexibility index (Phi) is 5.99. The number of thioether (sulfide) groups is 1. The molecule has 8 nitrogen and oxygen atoms in total. The minimum absolute atomic E-state index is 0.0659. The molecule has 0 saturated carbocycles. The standard InChI is InChI=1S/C20H20F3N5O3S/c1-19-8-30-9-20(19,28-18(24)32-10-19)12-4-11(2-3-13(12)21)27-17(29)14-5-26-16(6-25-14)31-7-15(22)23/h2-6,15H,7-10H2,1H3,(H2,24,28)(H,27,29)/t19-,20+/m0/s1. The van der Waals surface area contributed by atoms with Gasteiger partial charge in [-0.1, -0.05) is 18.7 Å². The molecule has 2 atom stereocenters. The van der Waals surface area contributed by atoms with Crippen LogP contribution in [0.1, 0.15) is 23.0 Å². The van der Waals surface area contributed by atoms with Crippen molar-refractivity contribution in [2.24, 2.45) is 16.1 Å². The molecule has 4 rings (SSSR count). The Bertz CT molecular complexity index is 1060. The van der Waals surface area contributed by atoms with Gasteiger partial charge in [0.15, 0.2) is 11.8 Å². The van der Waals surface area contributed by atoms with E-state index in [1.54, 1.807) is 0 Å². The van der Waals surface area contributed by atoms with E-state index in [1.165, 1.54) is 30.0 Å². The molecule has 2 aromatic rings. The number of aliphatic imine (C=N–C) groups is 1. The number of anilines is 1. The van der Waals surface area contributed by atoms with E-state index < -0.39 is 35.7 Å². The molecule has 1 aromatic carbocycles. The highest BCUT2D eigenvalue weighted by Gasteiger charge is 2.57. The van der Waals surface area contributed by atoms with Gasteiger partial charge in [-0.2, -0.15) is 0 Å². The van der Waals surface area contributed by atoms with Crippen LogP contribution in [0.3, 0.4) is 0 Å². The zero-order chi connectivity index (χ0) is 22.9. The normalized spacial score (nSPS) is 24.7. The lowest BCUT2D eigenvalue weighted by Crippen LogP contribution is -2.48. The van der Waals surface area contributed by atoms with Crippen molar-refractivity contribution in [2.75, 3.05) is 30.9 Å². The summed E-state index contributed by atoms with van der Waals surface area (Å²) in [5, 5.41) is 2.99. The van der Waals surface area contributed by atoms with E-state index >= 15 is 0 Å². The minimum Gasteiger partial charge on any atom is -0.470 e. The van der Waals surface area contributed by atoms with Gasteiger partial charge in [-0.05, 0) is 18.2 Å². The highest BCUT2D eigenvalue weighted by molar-refractivity contribution is 8.13. The maximum absolute atomic E-state index is 14.9. The second-order valence-electron chi connectivity index (χ2n) is 7.74. The molecule has 0 radical (unpaired) electrons. The third-order valence-electron chi connectivity index (χ3n) is 5.46. The van der Waals surface area contributed by atoms with Crippen molar-refractivity contribution < 1.29 is 27.4 Å². The second-order valence-corrected chi connectivity index (χ2v) is 8.74. The number of nitrogens with two attached hydrogens (primary N) is 1. The van der Waals surface area contributed by atoms with Crippen LogP contribution in [0.5, 0.6) is 5.88 Å². The van der Waals surface area contributed by atoms with E-state index in [4.69, 9.17) is 15.2 Å². The third-order valence-corrected chi connectivity index (χ3v) is 6.63. The molecule has 12 heteroatoms. The average Bonchev–Trinajstić information content (AvgIpc) is 3.11. The molecule has 170 valence electrons. The number of carbonyl (C=O) groups is 1. The van der Waals surface area contributed by atoms with Crippen molar-refractivity contribution in [3.05, 3.63) is 47.7 Å². The maximum Gasteiger partial charge on any atom is 0.275 e. The summed E-state index contributed by atoms with van der Waals surface area (Å²) in [5.74, 6) is -0.603. The molecule has 2 aliphatic rings. The van der Waals surface area contributed by atoms with Gasteiger partial charge < -0.3 is 20.5 Å². The summed E-state index contributed by atoms with van der Waals surface area (Å²) in [6, 6.07) is 4.18. The predicted octanol–water partition coefficient (Wildman–Crippen LogP) is 2.81. The Hall–Kier alpha value is -2.86. The summed E-state index contributed by atoms with van der Waals surface area (Å²) in [4.78, 5) is 24.8. The number of nitrogens with zero attached hydrogens (tertiary/aromatic N) is 3. The first-order valence-corrected chi connectivity index (χ1v) is 10.6. The Morgan fingerprint density at radius 2 is 2.16 bits per heavy atom. The van der Waals surface area contributed by atoms with Crippen LogP contribution in [-0.4, -0.2) is 53.0 Å². The lowest BCUT2D eigenvalue weighted by atomic mass is 9.70. The molecule has 3 N–H and O–H groups in total. The number of hydrogen-bond acceptors (Lipinski definition) is 8. The van der Waals surface area contributed by atoms with Crippen LogP contribution in [0.15, 0.2) is 35.6 Å². The van der Waals surface area contributed by atoms with Crippen molar-refractivity contribution in [3.63, 3.8) is 0 Å². The van der Waals surface area contributed by atoms with Gasteiger partial charge in [0, 0.05) is 22.4 Å². The Balaban J connectivity index is 1.57. The monoisotopic (exact) mass is 467 g/mol. The predicted molar refractivity (Wildman–Crippen MR) is 113 cm³/mol. The molecule has 3 heterocycles. The molecule has 0 spiro atoms. The fraction of sp³-hybridized carbons (Fsp3) is 0.400. The van der Waals surface area contributed by atoms with Crippen LogP contribution >= 0.6 is 11.8 Å². The molecular weight excluding hydrogens is 447 g/mol. The van der Waals surface area contributed by atoms with Gasteiger partial charge in [0.1, 0.15) is 17.1 Å². The molecule has 2 aliphatic heterocycles. The molecule has 1 amide bonds. The van der Waals surface area contributed by atoms with Crippen LogP contribution in [0.2, 0.25) is 0 Å². The number of fused-ring (bicyclic) bond motifs is 1. The molecule has 0 unspecified atom stereocenters. The lowest BCUT2D eigenvalue weighted by molar-refractivity contribution is 0.0792. The largest absolute Gasteiger partial charge is 0.470 e. The van der Waals surface area contributed by atoms with Crippen molar-refractivity contribution in [1.29, 1.82) is 0 Å². The number of alkyl halides is 2. The van der Waals surface area contributed by atoms with Gasteiger partial charge in [0.25, 0.3) is 12.3 Å². The highest BCUT2D eigenvalue weighted by Crippen LogP contribution is 2.53. The van der Waals surface area contributed by atoms with E-state index in [-0.39, 0.29) is 23.7 Å². The smallest absolute Gasteiger partial charge is 0.275 e. The number of nitrogens with one attached hydrogen (secondary N) is 1. The molecule has 1 fully saturated rings. The summed E-state index contributed by atoms with van der Waals surface area (Å²) < 4.78 is 49.8. The number of halogens is 3. The Labute approximate surface area is 185 Å². The quantitative estimate of drug-likeness (QED) is 0.672. The summed E-state index contributed by atoms with van der Waals surface area (Å²) in [5.41, 5.74) is 5.03. The second kappa shape index (κ2) is 8.58. The van der Waals surface area contributed by atoms with Crippen LogP contribution in [-0.2, 0) is 10.3 Å². The first-order chi connectivity index (χ1) is 15.2. The van der Waals surface area contributed by atoms with Gasteiger partial charge in [-0.15, -0.1) is 0 Å². The van der Waals surface area contributed by atoms with E-state index in [0.717, 1.165) is 12.4 Å². The van der Waals surface area contributed by atoms with Crippen molar-refractivity contribution >= 4 is 28.5 Å². The average molecular weight is 467 g/mol. The van der Waals surface area contributed by atoms with Gasteiger partial charge in [-0.3, -0.25) is 4.79 Å². The zero-order valence-electron chi connectivity index (χ0n) is 17.0. The van der Waals surface area contributed by atoms with Gasteiger partial charge in [0.2, 0.25) is 5.88 Å². The Morgan fingerprint density at radius 1 is 1.34 bits per heavy atom. The summed E-state index contributed by atoms with van der Waals surface area (Å²) in [7, 11) is 0. The van der Waals surface area contributed by atoms with Crippen molar-refractivity contribution in [1.82, 2.24) is 9.97 Å². The zero-order valence-corrected chi connectivity index (χ0v) is 17.8. The molecule has 1 saturated heterocycles.